The molecule has 1 heterocycles. The molecule has 0 N–H and O–H groups in total. The van der Waals surface area contributed by atoms with E-state index >= 15 is 0 Å². The monoisotopic (exact) mass is 411 g/mol. The van der Waals surface area contributed by atoms with E-state index in [2.05, 4.69) is 74.7 Å². The second kappa shape index (κ2) is 7.29. The molecule has 1 aliphatic heterocycles. The lowest BCUT2D eigenvalue weighted by atomic mass is 9.89. The predicted molar refractivity (Wildman–Crippen MR) is 109 cm³/mol. The number of hydrogen-bond donors (Lipinski definition) is 0. The van der Waals surface area contributed by atoms with Gasteiger partial charge < -0.3 is 9.47 Å². The van der Waals surface area contributed by atoms with Crippen LogP contribution in [0.5, 0.6) is 11.5 Å². The molecule has 0 aromatic heterocycles. The zero-order valence-electron chi connectivity index (χ0n) is 15.0. The molecular weight excluding hydrogens is 390 g/mol. The molecule has 4 heteroatoms. The van der Waals surface area contributed by atoms with Gasteiger partial charge in [-0.2, -0.15) is 0 Å². The van der Waals surface area contributed by atoms with Crippen molar-refractivity contribution in [2.75, 3.05) is 20.8 Å². The summed E-state index contributed by atoms with van der Waals surface area (Å²) in [5.41, 5.74) is 3.98. The van der Waals surface area contributed by atoms with Crippen LogP contribution in [0.3, 0.4) is 0 Å². The largest absolute Gasteiger partial charge is 0.493 e. The maximum absolute atomic E-state index is 5.53. The van der Waals surface area contributed by atoms with Gasteiger partial charge in [-0.1, -0.05) is 42.5 Å². The first-order chi connectivity index (χ1) is 12.7. The Bertz CT molecular complexity index is 941. The maximum Gasteiger partial charge on any atom is 0.161 e. The van der Waals surface area contributed by atoms with Crippen LogP contribution in [0.1, 0.15) is 22.7 Å². The fourth-order valence-corrected chi connectivity index (χ4v) is 4.34. The van der Waals surface area contributed by atoms with Gasteiger partial charge in [-0.05, 0) is 52.4 Å². The number of halogens is 1. The van der Waals surface area contributed by atoms with E-state index in [0.717, 1.165) is 30.9 Å². The zero-order chi connectivity index (χ0) is 18.1. The normalized spacial score (nSPS) is 17.1. The number of ether oxygens (including phenoxy) is 2. The van der Waals surface area contributed by atoms with Gasteiger partial charge in [0.25, 0.3) is 0 Å². The van der Waals surface area contributed by atoms with Crippen LogP contribution in [0.15, 0.2) is 54.6 Å². The molecule has 3 nitrogen and oxygen atoms in total. The maximum atomic E-state index is 5.53. The highest BCUT2D eigenvalue weighted by molar-refractivity contribution is 9.07. The Kier molecular flexibility index (Phi) is 4.88. The van der Waals surface area contributed by atoms with Crippen LogP contribution in [-0.2, 0) is 12.8 Å². The molecular formula is C22H22BrNO2. The molecule has 0 amide bonds. The van der Waals surface area contributed by atoms with E-state index in [1.54, 1.807) is 14.2 Å². The van der Waals surface area contributed by atoms with Crippen molar-refractivity contribution in [3.05, 3.63) is 71.3 Å². The van der Waals surface area contributed by atoms with Gasteiger partial charge in [0, 0.05) is 28.7 Å². The Morgan fingerprint density at radius 1 is 0.962 bits per heavy atom. The predicted octanol–water partition coefficient (Wildman–Crippen LogP) is 5.31. The van der Waals surface area contributed by atoms with Gasteiger partial charge in [-0.3, -0.25) is 0 Å². The fraction of sp³-hybridized carbons (Fsp3) is 0.273. The summed E-state index contributed by atoms with van der Waals surface area (Å²) >= 11 is 3.78. The number of benzene rings is 3. The first kappa shape index (κ1) is 17.4. The molecule has 134 valence electrons. The molecule has 4 rings (SSSR count). The van der Waals surface area contributed by atoms with Crippen molar-refractivity contribution < 1.29 is 9.47 Å². The molecule has 0 aliphatic carbocycles. The third-order valence-electron chi connectivity index (χ3n) is 5.18. The van der Waals surface area contributed by atoms with E-state index in [1.807, 2.05) is 0 Å². The molecule has 0 spiro atoms. The molecule has 0 radical (unpaired) electrons. The number of methoxy groups -OCH3 is 2. The Hall–Kier alpha value is -2.04. The van der Waals surface area contributed by atoms with Crippen molar-refractivity contribution in [3.8, 4) is 11.5 Å². The molecule has 3 aromatic carbocycles. The lowest BCUT2D eigenvalue weighted by molar-refractivity contribution is 0.334. The van der Waals surface area contributed by atoms with Gasteiger partial charge in [-0.25, -0.2) is 3.93 Å². The molecule has 0 bridgehead atoms. The van der Waals surface area contributed by atoms with Gasteiger partial charge in [0.1, 0.15) is 0 Å². The lowest BCUT2D eigenvalue weighted by Crippen LogP contribution is -2.29. The second-order valence-electron chi connectivity index (χ2n) is 6.68. The Labute approximate surface area is 162 Å². The molecule has 0 fully saturated rings. The van der Waals surface area contributed by atoms with E-state index in [-0.39, 0.29) is 6.04 Å². The Morgan fingerprint density at radius 3 is 2.46 bits per heavy atom. The second-order valence-corrected chi connectivity index (χ2v) is 7.59. The first-order valence-corrected chi connectivity index (χ1v) is 9.55. The molecule has 0 unspecified atom stereocenters. The summed E-state index contributed by atoms with van der Waals surface area (Å²) in [6, 6.07) is 19.8. The Morgan fingerprint density at radius 2 is 1.69 bits per heavy atom. The summed E-state index contributed by atoms with van der Waals surface area (Å²) in [6.45, 7) is 0.973. The van der Waals surface area contributed by atoms with Crippen LogP contribution in [-0.4, -0.2) is 24.7 Å². The minimum absolute atomic E-state index is 0.264. The van der Waals surface area contributed by atoms with E-state index < -0.39 is 0 Å². The molecule has 0 saturated heterocycles. The summed E-state index contributed by atoms with van der Waals surface area (Å²) < 4.78 is 13.3. The van der Waals surface area contributed by atoms with Crippen molar-refractivity contribution in [2.24, 2.45) is 0 Å². The van der Waals surface area contributed by atoms with Crippen LogP contribution in [0.2, 0.25) is 0 Å². The van der Waals surface area contributed by atoms with Crippen LogP contribution < -0.4 is 9.47 Å². The minimum Gasteiger partial charge on any atom is -0.493 e. The summed E-state index contributed by atoms with van der Waals surface area (Å²) in [4.78, 5) is 0. The first-order valence-electron chi connectivity index (χ1n) is 8.84. The average Bonchev–Trinajstić information content (AvgIpc) is 2.69. The van der Waals surface area contributed by atoms with Crippen molar-refractivity contribution >= 4 is 26.9 Å². The summed E-state index contributed by atoms with van der Waals surface area (Å²) in [5.74, 6) is 1.59. The molecule has 1 atom stereocenters. The highest BCUT2D eigenvalue weighted by Crippen LogP contribution is 2.40. The van der Waals surface area contributed by atoms with Gasteiger partial charge in [0.15, 0.2) is 11.5 Å². The molecule has 1 aliphatic rings. The smallest absolute Gasteiger partial charge is 0.161 e. The van der Waals surface area contributed by atoms with Gasteiger partial charge in [0.05, 0.1) is 14.2 Å². The summed E-state index contributed by atoms with van der Waals surface area (Å²) in [7, 11) is 3.38. The van der Waals surface area contributed by atoms with Crippen LogP contribution in [0, 0.1) is 0 Å². The lowest BCUT2D eigenvalue weighted by Gasteiger charge is -2.33. The van der Waals surface area contributed by atoms with Gasteiger partial charge >= 0.3 is 0 Å². The van der Waals surface area contributed by atoms with Gasteiger partial charge in [0.2, 0.25) is 0 Å². The van der Waals surface area contributed by atoms with Crippen molar-refractivity contribution in [3.63, 3.8) is 0 Å². The topological polar surface area (TPSA) is 21.7 Å². The fourth-order valence-electron chi connectivity index (χ4n) is 3.80. The number of fused-ring (bicyclic) bond motifs is 2. The van der Waals surface area contributed by atoms with Crippen molar-refractivity contribution in [1.82, 2.24) is 3.93 Å². The SMILES string of the molecule is COc1cc2c(cc1OC)[C@@H](Cc1ccc3ccccc3c1)N(Br)CC2. The van der Waals surface area contributed by atoms with E-state index in [1.165, 1.54) is 27.5 Å². The molecule has 0 saturated carbocycles. The van der Waals surface area contributed by atoms with Crippen molar-refractivity contribution in [2.45, 2.75) is 18.9 Å². The van der Waals surface area contributed by atoms with Gasteiger partial charge in [-0.15, -0.1) is 0 Å². The van der Waals surface area contributed by atoms with Crippen LogP contribution in [0.4, 0.5) is 0 Å². The van der Waals surface area contributed by atoms with Crippen LogP contribution in [0.25, 0.3) is 10.8 Å². The highest BCUT2D eigenvalue weighted by Gasteiger charge is 2.28. The minimum atomic E-state index is 0.264. The third kappa shape index (κ3) is 3.19. The standard InChI is InChI=1S/C22H22BrNO2/c1-25-21-13-18-9-10-24(23)20(19(18)14-22(21)26-2)12-15-7-8-16-5-3-4-6-17(16)11-15/h3-8,11,13-14,20H,9-10,12H2,1-2H3/t20-/m1/s1. The molecule has 3 aromatic rings. The Balaban J connectivity index is 1.71. The molecule has 26 heavy (non-hydrogen) atoms. The zero-order valence-corrected chi connectivity index (χ0v) is 16.6. The average molecular weight is 412 g/mol. The van der Waals surface area contributed by atoms with Crippen molar-refractivity contribution in [1.29, 1.82) is 0 Å². The number of nitrogens with zero attached hydrogens (tertiary/aromatic N) is 1. The van der Waals surface area contributed by atoms with E-state index in [9.17, 15) is 0 Å². The van der Waals surface area contributed by atoms with E-state index in [4.69, 9.17) is 9.47 Å². The quantitative estimate of drug-likeness (QED) is 0.543. The van der Waals surface area contributed by atoms with Crippen LogP contribution >= 0.6 is 16.1 Å². The number of rotatable bonds is 4. The number of hydrogen-bond acceptors (Lipinski definition) is 3. The summed E-state index contributed by atoms with van der Waals surface area (Å²) in [6.07, 6.45) is 1.94. The summed E-state index contributed by atoms with van der Waals surface area (Å²) in [5, 5.41) is 2.57. The highest BCUT2D eigenvalue weighted by atomic mass is 79.9. The van der Waals surface area contributed by atoms with E-state index in [0.29, 0.717) is 0 Å². The third-order valence-corrected chi connectivity index (χ3v) is 6.03.